The number of nitrogens with zero attached hydrogens (tertiary/aromatic N) is 3. The Morgan fingerprint density at radius 1 is 0.458 bits per heavy atom. The first-order valence-electron chi connectivity index (χ1n) is 20.5. The predicted molar refractivity (Wildman–Crippen MR) is 236 cm³/mol. The third-order valence-electron chi connectivity index (χ3n) is 13.2. The van der Waals surface area contributed by atoms with Crippen LogP contribution in [-0.2, 0) is 18.3 Å². The van der Waals surface area contributed by atoms with E-state index in [1.165, 1.54) is 66.8 Å². The van der Waals surface area contributed by atoms with Crippen molar-refractivity contribution in [1.29, 1.82) is 0 Å². The highest BCUT2D eigenvalue weighted by atomic mass is 16.3. The van der Waals surface area contributed by atoms with E-state index in [0.29, 0.717) is 18.1 Å². The van der Waals surface area contributed by atoms with Crippen molar-refractivity contribution in [1.82, 2.24) is 15.0 Å². The van der Waals surface area contributed by atoms with E-state index in [0.717, 1.165) is 45.3 Å². The standard InChI is InChI=1S/C55H35N3O/c1-2-15-33(16-3-1)53-56-51(57-54(58-53)42-23-14-28-50-52(42)41-22-9-13-27-49(41)59-50)31-35-29-34-30-44-40-21-8-12-26-47(40)55(48(44)32-43(34)37-18-5-4-17-36(35)37)45-24-10-6-19-38(45)39-20-7-11-25-46(39)55/h1-28,30,32,35H,29,31H2. The van der Waals surface area contributed by atoms with Gasteiger partial charge in [-0.05, 0) is 97.3 Å². The molecule has 0 radical (unpaired) electrons. The van der Waals surface area contributed by atoms with Gasteiger partial charge in [-0.15, -0.1) is 0 Å². The SMILES string of the molecule is c1ccc(-c2nc(CC3Cc4cc5c(cc4-c4ccccc43)C3(c4ccccc4-c4ccccc43)c3ccccc3-5)nc(-c3cccc4oc5ccccc5c34)n2)cc1. The number of hydrogen-bond donors (Lipinski definition) is 0. The Kier molecular flexibility index (Phi) is 6.80. The molecule has 0 saturated carbocycles. The summed E-state index contributed by atoms with van der Waals surface area (Å²) in [4.78, 5) is 15.7. The van der Waals surface area contributed by atoms with Crippen molar-refractivity contribution in [2.24, 2.45) is 0 Å². The predicted octanol–water partition coefficient (Wildman–Crippen LogP) is 13.0. The first kappa shape index (κ1) is 32.6. The molecule has 1 spiro atoms. The number of benzene rings is 8. The van der Waals surface area contributed by atoms with E-state index in [1.54, 1.807) is 0 Å². The summed E-state index contributed by atoms with van der Waals surface area (Å²) in [7, 11) is 0. The molecule has 0 saturated heterocycles. The Hall–Kier alpha value is -7.43. The molecule has 3 aliphatic carbocycles. The van der Waals surface area contributed by atoms with Crippen molar-refractivity contribution >= 4 is 21.9 Å². The molecule has 3 aliphatic rings. The molecule has 0 amide bonds. The molecule has 1 atom stereocenters. The van der Waals surface area contributed by atoms with Crippen LogP contribution in [-0.4, -0.2) is 15.0 Å². The van der Waals surface area contributed by atoms with Gasteiger partial charge >= 0.3 is 0 Å². The molecule has 2 heterocycles. The van der Waals surface area contributed by atoms with Crippen LogP contribution in [0.2, 0.25) is 0 Å². The van der Waals surface area contributed by atoms with Crippen LogP contribution in [0.15, 0.2) is 186 Å². The number of furan rings is 1. The van der Waals surface area contributed by atoms with Gasteiger partial charge in [0.15, 0.2) is 11.6 Å². The number of fused-ring (bicyclic) bond motifs is 16. The molecule has 0 bridgehead atoms. The molecule has 4 nitrogen and oxygen atoms in total. The van der Waals surface area contributed by atoms with Gasteiger partial charge < -0.3 is 4.42 Å². The zero-order chi connectivity index (χ0) is 38.7. The lowest BCUT2D eigenvalue weighted by molar-refractivity contribution is 0.645. The molecule has 0 fully saturated rings. The summed E-state index contributed by atoms with van der Waals surface area (Å²) in [5.74, 6) is 2.29. The van der Waals surface area contributed by atoms with Crippen LogP contribution in [0.3, 0.4) is 0 Å². The van der Waals surface area contributed by atoms with Gasteiger partial charge in [0.05, 0.1) is 5.41 Å². The summed E-state index contributed by atoms with van der Waals surface area (Å²) < 4.78 is 6.30. The maximum Gasteiger partial charge on any atom is 0.164 e. The molecule has 1 unspecified atom stereocenters. The minimum Gasteiger partial charge on any atom is -0.456 e. The highest BCUT2D eigenvalue weighted by Gasteiger charge is 2.52. The molecule has 0 N–H and O–H groups in total. The zero-order valence-electron chi connectivity index (χ0n) is 32.1. The van der Waals surface area contributed by atoms with Gasteiger partial charge in [0, 0.05) is 28.3 Å². The van der Waals surface area contributed by atoms with E-state index in [4.69, 9.17) is 19.4 Å². The Morgan fingerprint density at radius 2 is 1.05 bits per heavy atom. The lowest BCUT2D eigenvalue weighted by atomic mass is 9.69. The summed E-state index contributed by atoms with van der Waals surface area (Å²) in [5, 5.41) is 2.08. The van der Waals surface area contributed by atoms with E-state index in [9.17, 15) is 0 Å². The van der Waals surface area contributed by atoms with Gasteiger partial charge in [-0.3, -0.25) is 0 Å². The second-order valence-electron chi connectivity index (χ2n) is 16.2. The molecule has 8 aromatic carbocycles. The molecule has 59 heavy (non-hydrogen) atoms. The summed E-state index contributed by atoms with van der Waals surface area (Å²) in [6.07, 6.45) is 1.55. The van der Waals surface area contributed by atoms with Gasteiger partial charge in [0.1, 0.15) is 17.0 Å². The van der Waals surface area contributed by atoms with E-state index in [2.05, 4.69) is 140 Å². The van der Waals surface area contributed by atoms with Gasteiger partial charge in [0.25, 0.3) is 0 Å². The third-order valence-corrected chi connectivity index (χ3v) is 13.2. The van der Waals surface area contributed by atoms with Crippen molar-refractivity contribution in [2.45, 2.75) is 24.2 Å². The van der Waals surface area contributed by atoms with E-state index in [1.807, 2.05) is 42.5 Å². The third kappa shape index (κ3) is 4.57. The molecule has 0 aliphatic heterocycles. The van der Waals surface area contributed by atoms with E-state index in [-0.39, 0.29) is 11.3 Å². The van der Waals surface area contributed by atoms with Gasteiger partial charge in [0.2, 0.25) is 0 Å². The lowest BCUT2D eigenvalue weighted by Gasteiger charge is -2.33. The lowest BCUT2D eigenvalue weighted by Crippen LogP contribution is -2.26. The molecule has 276 valence electrons. The number of hydrogen-bond acceptors (Lipinski definition) is 4. The molecular formula is C55H35N3O. The Balaban J connectivity index is 0.975. The van der Waals surface area contributed by atoms with Crippen molar-refractivity contribution < 1.29 is 4.42 Å². The van der Waals surface area contributed by atoms with Crippen molar-refractivity contribution in [3.05, 3.63) is 221 Å². The average Bonchev–Trinajstić information content (AvgIpc) is 3.93. The van der Waals surface area contributed by atoms with E-state index >= 15 is 0 Å². The van der Waals surface area contributed by atoms with Crippen molar-refractivity contribution in [3.8, 4) is 56.2 Å². The molecule has 2 aromatic heterocycles. The summed E-state index contributed by atoms with van der Waals surface area (Å²) in [5.41, 5.74) is 19.3. The minimum atomic E-state index is -0.377. The Morgan fingerprint density at radius 3 is 1.81 bits per heavy atom. The molecule has 13 rings (SSSR count). The highest BCUT2D eigenvalue weighted by molar-refractivity contribution is 6.11. The van der Waals surface area contributed by atoms with Crippen LogP contribution in [0, 0.1) is 0 Å². The monoisotopic (exact) mass is 753 g/mol. The van der Waals surface area contributed by atoms with Crippen molar-refractivity contribution in [2.75, 3.05) is 0 Å². The van der Waals surface area contributed by atoms with Crippen molar-refractivity contribution in [3.63, 3.8) is 0 Å². The topological polar surface area (TPSA) is 51.8 Å². The fourth-order valence-electron chi connectivity index (χ4n) is 10.8. The van der Waals surface area contributed by atoms with Gasteiger partial charge in [-0.25, -0.2) is 15.0 Å². The first-order chi connectivity index (χ1) is 29.2. The Labute approximate surface area is 341 Å². The van der Waals surface area contributed by atoms with Crippen LogP contribution in [0.1, 0.15) is 45.1 Å². The molecular weight excluding hydrogens is 719 g/mol. The van der Waals surface area contributed by atoms with Crippen LogP contribution in [0.4, 0.5) is 0 Å². The zero-order valence-corrected chi connectivity index (χ0v) is 32.1. The largest absolute Gasteiger partial charge is 0.456 e. The number of rotatable bonds is 4. The fraction of sp³-hybridized carbons (Fsp3) is 0.0727. The summed E-state index contributed by atoms with van der Waals surface area (Å²) in [6.45, 7) is 0. The minimum absolute atomic E-state index is 0.166. The average molecular weight is 754 g/mol. The maximum absolute atomic E-state index is 6.30. The van der Waals surface area contributed by atoms with Gasteiger partial charge in [-0.2, -0.15) is 0 Å². The quantitative estimate of drug-likeness (QED) is 0.180. The van der Waals surface area contributed by atoms with Gasteiger partial charge in [-0.1, -0.05) is 164 Å². The number of para-hydroxylation sites is 1. The fourth-order valence-corrected chi connectivity index (χ4v) is 10.8. The normalized spacial score (nSPS) is 15.1. The molecule has 10 aromatic rings. The van der Waals surface area contributed by atoms with E-state index < -0.39 is 0 Å². The maximum atomic E-state index is 6.30. The second-order valence-corrected chi connectivity index (χ2v) is 16.2. The smallest absolute Gasteiger partial charge is 0.164 e. The van der Waals surface area contributed by atoms with Crippen LogP contribution in [0.25, 0.3) is 78.1 Å². The molecule has 4 heteroatoms. The second kappa shape index (κ2) is 12.3. The van der Waals surface area contributed by atoms with Crippen LogP contribution < -0.4 is 0 Å². The first-order valence-corrected chi connectivity index (χ1v) is 20.5. The summed E-state index contributed by atoms with van der Waals surface area (Å²) >= 11 is 0. The van der Waals surface area contributed by atoms with Crippen LogP contribution >= 0.6 is 0 Å². The summed E-state index contributed by atoms with van der Waals surface area (Å²) in [6, 6.07) is 65.9. The highest BCUT2D eigenvalue weighted by Crippen LogP contribution is 2.63. The van der Waals surface area contributed by atoms with Crippen LogP contribution in [0.5, 0.6) is 0 Å². The number of aromatic nitrogens is 3. The Bertz CT molecular complexity index is 3320.